The Hall–Kier alpha value is -0.240. The maximum Gasteiger partial charge on any atom is 0.0500 e. The molecule has 0 amide bonds. The highest BCUT2D eigenvalue weighted by atomic mass is 15.3. The highest BCUT2D eigenvalue weighted by molar-refractivity contribution is 4.52. The van der Waals surface area contributed by atoms with Crippen molar-refractivity contribution in [2.45, 2.75) is 56.4 Å². The van der Waals surface area contributed by atoms with Gasteiger partial charge in [-0.3, -0.25) is 19.6 Å². The lowest BCUT2D eigenvalue weighted by molar-refractivity contribution is 0.196. The fourth-order valence-corrected chi connectivity index (χ4v) is 1.88. The van der Waals surface area contributed by atoms with Crippen molar-refractivity contribution in [3.8, 4) is 0 Å². The molecule has 0 atom stereocenters. The molecule has 0 aromatic heterocycles. The zero-order chi connectivity index (χ0) is 22.5. The van der Waals surface area contributed by atoms with Crippen LogP contribution in [0.25, 0.3) is 0 Å². The van der Waals surface area contributed by atoms with Crippen LogP contribution in [0.5, 0.6) is 0 Å². The Morgan fingerprint density at radius 3 is 0.633 bits per heavy atom. The summed E-state index contributed by atoms with van der Waals surface area (Å²) in [7, 11) is 12.8. The molecule has 0 aromatic rings. The minimum atomic E-state index is 0. The van der Waals surface area contributed by atoms with Gasteiger partial charge in [-0.1, -0.05) is 56.4 Å². The van der Waals surface area contributed by atoms with Gasteiger partial charge in [0.1, 0.15) is 0 Å². The van der Waals surface area contributed by atoms with Crippen molar-refractivity contribution in [3.05, 3.63) is 0 Å². The zero-order valence-electron chi connectivity index (χ0n) is 21.8. The van der Waals surface area contributed by atoms with E-state index in [1.807, 2.05) is 0 Å². The largest absolute Gasteiger partial charge is 0.305 e. The average Bonchev–Trinajstić information content (AvgIpc) is 2.71. The standard InChI is InChI=1S/C8H20N2.2C7H18N2.2CH4/c1-5-9(3)7-8-10(4)6-2;2*1-5-8(3)7-9(4)6-2;;/h5-8H2,1-4H3;2*5-7H2,1-4H3;2*1H4. The molecule has 190 valence electrons. The van der Waals surface area contributed by atoms with Crippen LogP contribution in [0.3, 0.4) is 0 Å². The molecule has 0 saturated carbocycles. The first-order chi connectivity index (χ1) is 13.1. The minimum absolute atomic E-state index is 0. The fourth-order valence-electron chi connectivity index (χ4n) is 1.88. The van der Waals surface area contributed by atoms with Crippen LogP contribution in [-0.4, -0.2) is 137 Å². The quantitative estimate of drug-likeness (QED) is 0.406. The first kappa shape index (κ1) is 40.2. The van der Waals surface area contributed by atoms with Gasteiger partial charge in [0.2, 0.25) is 0 Å². The molecule has 0 aliphatic carbocycles. The molecule has 0 aliphatic rings. The zero-order valence-corrected chi connectivity index (χ0v) is 21.8. The molecule has 0 bridgehead atoms. The van der Waals surface area contributed by atoms with E-state index < -0.39 is 0 Å². The molecule has 0 saturated heterocycles. The van der Waals surface area contributed by atoms with Gasteiger partial charge >= 0.3 is 0 Å². The number of rotatable bonds is 13. The summed E-state index contributed by atoms with van der Waals surface area (Å²) in [5.74, 6) is 0. The number of hydrogen-bond donors (Lipinski definition) is 0. The van der Waals surface area contributed by atoms with Crippen LogP contribution in [0, 0.1) is 0 Å². The Kier molecular flexibility index (Phi) is 38.5. The molecule has 0 fully saturated rings. The Morgan fingerprint density at radius 2 is 0.500 bits per heavy atom. The van der Waals surface area contributed by atoms with Crippen LogP contribution < -0.4 is 0 Å². The van der Waals surface area contributed by atoms with Crippen LogP contribution in [-0.2, 0) is 0 Å². The predicted octanol–water partition coefficient (Wildman–Crippen LogP) is 3.86. The topological polar surface area (TPSA) is 19.4 Å². The van der Waals surface area contributed by atoms with Crippen molar-refractivity contribution in [3.63, 3.8) is 0 Å². The van der Waals surface area contributed by atoms with E-state index in [0.29, 0.717) is 0 Å². The van der Waals surface area contributed by atoms with E-state index in [2.05, 4.69) is 113 Å². The normalized spacial score (nSPS) is 10.6. The highest BCUT2D eigenvalue weighted by Crippen LogP contribution is 1.86. The minimum Gasteiger partial charge on any atom is -0.305 e. The van der Waals surface area contributed by atoms with Crippen LogP contribution >= 0.6 is 0 Å². The molecule has 6 nitrogen and oxygen atoms in total. The Morgan fingerprint density at radius 1 is 0.333 bits per heavy atom. The maximum absolute atomic E-state index is 2.33. The molecule has 0 radical (unpaired) electrons. The third kappa shape index (κ3) is 32.4. The Labute approximate surface area is 194 Å². The second-order valence-corrected chi connectivity index (χ2v) is 7.76. The molecule has 6 heteroatoms. The van der Waals surface area contributed by atoms with E-state index in [1.165, 1.54) is 13.1 Å². The lowest BCUT2D eigenvalue weighted by Crippen LogP contribution is -2.32. The van der Waals surface area contributed by atoms with Gasteiger partial charge in [0.15, 0.2) is 0 Å². The summed E-state index contributed by atoms with van der Waals surface area (Å²) in [5, 5.41) is 0. The van der Waals surface area contributed by atoms with Crippen molar-refractivity contribution >= 4 is 0 Å². The third-order valence-electron chi connectivity index (χ3n) is 5.07. The molecular weight excluding hydrogens is 372 g/mol. The Bertz CT molecular complexity index is 247. The lowest BCUT2D eigenvalue weighted by Gasteiger charge is -2.21. The van der Waals surface area contributed by atoms with Gasteiger partial charge in [-0.2, -0.15) is 0 Å². The number of likely N-dealkylation sites (N-methyl/N-ethyl adjacent to an activating group) is 2. The van der Waals surface area contributed by atoms with Crippen LogP contribution in [0.1, 0.15) is 56.4 Å². The predicted molar refractivity (Wildman–Crippen MR) is 143 cm³/mol. The van der Waals surface area contributed by atoms with Crippen LogP contribution in [0.2, 0.25) is 0 Å². The van der Waals surface area contributed by atoms with Gasteiger partial charge in [0, 0.05) is 26.4 Å². The number of hydrogen-bond acceptors (Lipinski definition) is 6. The van der Waals surface area contributed by atoms with Crippen LogP contribution in [0.4, 0.5) is 0 Å². The summed E-state index contributed by atoms with van der Waals surface area (Å²) >= 11 is 0. The van der Waals surface area contributed by atoms with Crippen molar-refractivity contribution in [1.29, 1.82) is 0 Å². The van der Waals surface area contributed by atoms with E-state index in [9.17, 15) is 0 Å². The van der Waals surface area contributed by atoms with E-state index in [0.717, 1.165) is 52.6 Å². The van der Waals surface area contributed by atoms with Crippen molar-refractivity contribution in [2.24, 2.45) is 0 Å². The van der Waals surface area contributed by atoms with E-state index >= 15 is 0 Å². The second-order valence-electron chi connectivity index (χ2n) is 7.76. The van der Waals surface area contributed by atoms with Gasteiger partial charge in [-0.25, -0.2) is 0 Å². The van der Waals surface area contributed by atoms with Crippen molar-refractivity contribution < 1.29 is 0 Å². The molecule has 0 aromatic carbocycles. The molecule has 0 aliphatic heterocycles. The first-order valence-corrected chi connectivity index (χ1v) is 11.2. The second kappa shape index (κ2) is 28.8. The van der Waals surface area contributed by atoms with E-state index in [-0.39, 0.29) is 14.9 Å². The summed E-state index contributed by atoms with van der Waals surface area (Å²) in [6.45, 7) is 24.4. The lowest BCUT2D eigenvalue weighted by atomic mass is 10.5. The third-order valence-corrected chi connectivity index (χ3v) is 5.07. The maximum atomic E-state index is 2.33. The molecule has 0 rings (SSSR count). The number of nitrogens with zero attached hydrogens (tertiary/aromatic N) is 6. The first-order valence-electron chi connectivity index (χ1n) is 11.2. The summed E-state index contributed by atoms with van der Waals surface area (Å²) < 4.78 is 0. The molecule has 30 heavy (non-hydrogen) atoms. The van der Waals surface area contributed by atoms with Gasteiger partial charge in [-0.15, -0.1) is 0 Å². The van der Waals surface area contributed by atoms with E-state index in [4.69, 9.17) is 0 Å². The average molecular weight is 437 g/mol. The van der Waals surface area contributed by atoms with Gasteiger partial charge in [-0.05, 0) is 81.6 Å². The van der Waals surface area contributed by atoms with Gasteiger partial charge < -0.3 is 9.80 Å². The van der Waals surface area contributed by atoms with Crippen LogP contribution in [0.15, 0.2) is 0 Å². The summed E-state index contributed by atoms with van der Waals surface area (Å²) in [6.07, 6.45) is 0. The summed E-state index contributed by atoms with van der Waals surface area (Å²) in [6, 6.07) is 0. The summed E-state index contributed by atoms with van der Waals surface area (Å²) in [4.78, 5) is 13.8. The molecule has 0 unspecified atom stereocenters. The molecule has 0 spiro atoms. The van der Waals surface area contributed by atoms with Crippen molar-refractivity contribution in [2.75, 3.05) is 108 Å². The fraction of sp³-hybridized carbons (Fsp3) is 1.00. The highest BCUT2D eigenvalue weighted by Gasteiger charge is 1.97. The molecule has 0 N–H and O–H groups in total. The van der Waals surface area contributed by atoms with E-state index in [1.54, 1.807) is 0 Å². The van der Waals surface area contributed by atoms with Crippen molar-refractivity contribution in [1.82, 2.24) is 29.4 Å². The van der Waals surface area contributed by atoms with Gasteiger partial charge in [0.25, 0.3) is 0 Å². The smallest absolute Gasteiger partial charge is 0.0500 e. The monoisotopic (exact) mass is 437 g/mol. The van der Waals surface area contributed by atoms with Gasteiger partial charge in [0.05, 0.1) is 0 Å². The summed E-state index contributed by atoms with van der Waals surface area (Å²) in [5.41, 5.74) is 0. The Balaban J connectivity index is -0.000000101. The SMILES string of the molecule is C.C.CCN(C)CCN(C)CC.CCN(C)CN(C)CC.CCN(C)CN(C)CC. The molecular formula is C24H64N6. The molecule has 0 heterocycles.